The Kier molecular flexibility index (Phi) is 7.47. The van der Waals surface area contributed by atoms with Gasteiger partial charge in [-0.3, -0.25) is 19.7 Å². The number of rotatable bonds is 7. The molecule has 0 spiro atoms. The highest BCUT2D eigenvalue weighted by atomic mass is 16.5. The third-order valence-corrected chi connectivity index (χ3v) is 6.35. The van der Waals surface area contributed by atoms with Crippen LogP contribution < -0.4 is 10.2 Å². The summed E-state index contributed by atoms with van der Waals surface area (Å²) in [4.78, 5) is 30.0. The zero-order chi connectivity index (χ0) is 23.2. The minimum Gasteiger partial charge on any atom is -0.372 e. The average Bonchev–Trinajstić information content (AvgIpc) is 2.83. The van der Waals surface area contributed by atoms with E-state index in [4.69, 9.17) is 0 Å². The molecule has 4 rings (SSSR count). The number of anilines is 3. The SMILES string of the molecule is CN1CCN(CC(=O)N(O)Cc2ccc(Nc3ccc(N4CCCCC4)cc3)cc2)CC1=O. The van der Waals surface area contributed by atoms with Crippen LogP contribution in [0.25, 0.3) is 0 Å². The van der Waals surface area contributed by atoms with Crippen LogP contribution in [0.2, 0.25) is 0 Å². The summed E-state index contributed by atoms with van der Waals surface area (Å²) in [5.74, 6) is -0.425. The predicted molar refractivity (Wildman–Crippen MR) is 129 cm³/mol. The Morgan fingerprint density at radius 1 is 0.939 bits per heavy atom. The van der Waals surface area contributed by atoms with Gasteiger partial charge in [-0.15, -0.1) is 0 Å². The first-order valence-corrected chi connectivity index (χ1v) is 11.6. The third-order valence-electron chi connectivity index (χ3n) is 6.35. The minimum atomic E-state index is -0.414. The van der Waals surface area contributed by atoms with Gasteiger partial charge in [0.2, 0.25) is 5.91 Å². The van der Waals surface area contributed by atoms with E-state index in [1.807, 2.05) is 24.3 Å². The second-order valence-electron chi connectivity index (χ2n) is 8.89. The molecule has 176 valence electrons. The van der Waals surface area contributed by atoms with Crippen LogP contribution >= 0.6 is 0 Å². The van der Waals surface area contributed by atoms with E-state index >= 15 is 0 Å². The van der Waals surface area contributed by atoms with Crippen molar-refractivity contribution in [2.75, 3.05) is 56.5 Å². The number of carbonyl (C=O) groups is 2. The van der Waals surface area contributed by atoms with E-state index in [1.54, 1.807) is 16.8 Å². The molecule has 2 fully saturated rings. The van der Waals surface area contributed by atoms with Crippen molar-refractivity contribution in [3.63, 3.8) is 0 Å². The number of likely N-dealkylation sites (N-methyl/N-ethyl adjacent to an activating group) is 1. The summed E-state index contributed by atoms with van der Waals surface area (Å²) in [5.41, 5.74) is 4.05. The first-order chi connectivity index (χ1) is 16.0. The largest absolute Gasteiger partial charge is 0.372 e. The van der Waals surface area contributed by atoms with Crippen molar-refractivity contribution in [2.45, 2.75) is 25.8 Å². The smallest absolute Gasteiger partial charge is 0.260 e. The molecule has 33 heavy (non-hydrogen) atoms. The highest BCUT2D eigenvalue weighted by Gasteiger charge is 2.24. The van der Waals surface area contributed by atoms with Crippen LogP contribution in [0.15, 0.2) is 48.5 Å². The van der Waals surface area contributed by atoms with Crippen molar-refractivity contribution in [1.82, 2.24) is 14.9 Å². The fourth-order valence-corrected chi connectivity index (χ4v) is 4.24. The number of hydrogen-bond acceptors (Lipinski definition) is 6. The summed E-state index contributed by atoms with van der Waals surface area (Å²) in [6.45, 7) is 3.82. The zero-order valence-corrected chi connectivity index (χ0v) is 19.2. The van der Waals surface area contributed by atoms with Gasteiger partial charge in [-0.25, -0.2) is 5.06 Å². The van der Waals surface area contributed by atoms with Gasteiger partial charge in [0.1, 0.15) is 0 Å². The van der Waals surface area contributed by atoms with E-state index in [1.165, 1.54) is 24.9 Å². The molecule has 2 heterocycles. The van der Waals surface area contributed by atoms with Crippen molar-refractivity contribution >= 4 is 28.9 Å². The van der Waals surface area contributed by atoms with Gasteiger partial charge in [0.05, 0.1) is 19.6 Å². The van der Waals surface area contributed by atoms with Crippen LogP contribution in [0, 0.1) is 0 Å². The number of piperazine rings is 1. The molecule has 2 N–H and O–H groups in total. The first kappa shape index (κ1) is 23.1. The van der Waals surface area contributed by atoms with Gasteiger partial charge in [-0.1, -0.05) is 12.1 Å². The molecule has 2 aliphatic heterocycles. The first-order valence-electron chi connectivity index (χ1n) is 11.6. The van der Waals surface area contributed by atoms with Crippen molar-refractivity contribution < 1.29 is 14.8 Å². The summed E-state index contributed by atoms with van der Waals surface area (Å²) in [6.07, 6.45) is 3.85. The van der Waals surface area contributed by atoms with E-state index in [0.29, 0.717) is 13.1 Å². The maximum Gasteiger partial charge on any atom is 0.260 e. The molecule has 2 saturated heterocycles. The maximum atomic E-state index is 12.3. The Bertz CT molecular complexity index is 942. The average molecular weight is 452 g/mol. The van der Waals surface area contributed by atoms with E-state index in [9.17, 15) is 14.8 Å². The van der Waals surface area contributed by atoms with Crippen molar-refractivity contribution in [2.24, 2.45) is 0 Å². The number of piperidine rings is 1. The Labute approximate surface area is 195 Å². The standard InChI is InChI=1S/C25H33N5O3/c1-27-15-16-28(18-24(27)31)19-25(32)30(33)17-20-5-7-21(8-6-20)26-22-9-11-23(12-10-22)29-13-3-2-4-14-29/h5-12,26,33H,2-4,13-19H2,1H3. The van der Waals surface area contributed by atoms with Crippen molar-refractivity contribution in [3.05, 3.63) is 54.1 Å². The number of hydroxylamine groups is 2. The predicted octanol–water partition coefficient (Wildman–Crippen LogP) is 2.91. The second kappa shape index (κ2) is 10.7. The van der Waals surface area contributed by atoms with Gasteiger partial charge >= 0.3 is 0 Å². The third kappa shape index (κ3) is 6.24. The fraction of sp³-hybridized carbons (Fsp3) is 0.440. The summed E-state index contributed by atoms with van der Waals surface area (Å²) < 4.78 is 0. The van der Waals surface area contributed by atoms with Crippen LogP contribution in [-0.2, 0) is 16.1 Å². The maximum absolute atomic E-state index is 12.3. The number of nitrogens with zero attached hydrogens (tertiary/aromatic N) is 4. The molecule has 2 aliphatic rings. The summed E-state index contributed by atoms with van der Waals surface area (Å²) in [6, 6.07) is 16.2. The number of benzene rings is 2. The Morgan fingerprint density at radius 3 is 2.21 bits per heavy atom. The Hall–Kier alpha value is -3.10. The lowest BCUT2D eigenvalue weighted by atomic mass is 10.1. The van der Waals surface area contributed by atoms with Gasteiger partial charge in [0.15, 0.2) is 0 Å². The number of amides is 2. The van der Waals surface area contributed by atoms with Crippen LogP contribution in [0.1, 0.15) is 24.8 Å². The molecule has 2 amide bonds. The molecule has 0 aliphatic carbocycles. The normalized spacial score (nSPS) is 17.2. The summed E-state index contributed by atoms with van der Waals surface area (Å²) in [5, 5.41) is 14.3. The monoisotopic (exact) mass is 451 g/mol. The second-order valence-corrected chi connectivity index (χ2v) is 8.89. The summed E-state index contributed by atoms with van der Waals surface area (Å²) in [7, 11) is 1.75. The molecule has 8 heteroatoms. The van der Waals surface area contributed by atoms with E-state index < -0.39 is 5.91 Å². The zero-order valence-electron chi connectivity index (χ0n) is 19.2. The topological polar surface area (TPSA) is 79.4 Å². The Morgan fingerprint density at radius 2 is 1.58 bits per heavy atom. The van der Waals surface area contributed by atoms with Crippen LogP contribution in [0.3, 0.4) is 0 Å². The van der Waals surface area contributed by atoms with Gasteiger partial charge < -0.3 is 15.1 Å². The molecule has 0 saturated carbocycles. The van der Waals surface area contributed by atoms with E-state index in [-0.39, 0.29) is 25.5 Å². The molecule has 0 unspecified atom stereocenters. The van der Waals surface area contributed by atoms with Crippen molar-refractivity contribution in [3.8, 4) is 0 Å². The molecule has 0 radical (unpaired) electrons. The lowest BCUT2D eigenvalue weighted by Crippen LogP contribution is -2.51. The molecule has 0 bridgehead atoms. The van der Waals surface area contributed by atoms with Crippen molar-refractivity contribution in [1.29, 1.82) is 0 Å². The summed E-state index contributed by atoms with van der Waals surface area (Å²) >= 11 is 0. The highest BCUT2D eigenvalue weighted by molar-refractivity contribution is 5.81. The Balaban J connectivity index is 1.26. The van der Waals surface area contributed by atoms with Gasteiger partial charge in [-0.2, -0.15) is 0 Å². The van der Waals surface area contributed by atoms with Crippen LogP contribution in [0.5, 0.6) is 0 Å². The quantitative estimate of drug-likeness (QED) is 0.498. The lowest BCUT2D eigenvalue weighted by molar-refractivity contribution is -0.169. The molecular formula is C25H33N5O3. The van der Waals surface area contributed by atoms with Crippen LogP contribution in [0.4, 0.5) is 17.1 Å². The van der Waals surface area contributed by atoms with E-state index in [0.717, 1.165) is 35.1 Å². The lowest BCUT2D eigenvalue weighted by Gasteiger charge is -2.32. The highest BCUT2D eigenvalue weighted by Crippen LogP contribution is 2.24. The number of carbonyl (C=O) groups excluding carboxylic acids is 2. The van der Waals surface area contributed by atoms with Gasteiger partial charge in [0, 0.05) is 50.3 Å². The molecular weight excluding hydrogens is 418 g/mol. The number of nitrogens with one attached hydrogen (secondary N) is 1. The number of hydrogen-bond donors (Lipinski definition) is 2. The molecule has 0 atom stereocenters. The molecule has 0 aromatic heterocycles. The van der Waals surface area contributed by atoms with E-state index in [2.05, 4.69) is 34.5 Å². The molecule has 2 aromatic rings. The molecule has 2 aromatic carbocycles. The van der Waals surface area contributed by atoms with Gasteiger partial charge in [-0.05, 0) is 61.2 Å². The minimum absolute atomic E-state index is 0.0113. The van der Waals surface area contributed by atoms with Gasteiger partial charge in [0.25, 0.3) is 5.91 Å². The van der Waals surface area contributed by atoms with Crippen LogP contribution in [-0.4, -0.2) is 78.2 Å². The molecule has 8 nitrogen and oxygen atoms in total. The fourth-order valence-electron chi connectivity index (χ4n) is 4.24.